The molecule has 1 saturated carbocycles. The SMILES string of the molecule is C#CCCCNCCC1CCC(C)CC1. The van der Waals surface area contributed by atoms with E-state index in [9.17, 15) is 0 Å². The highest BCUT2D eigenvalue weighted by atomic mass is 14.8. The van der Waals surface area contributed by atoms with E-state index < -0.39 is 0 Å². The predicted octanol–water partition coefficient (Wildman–Crippen LogP) is 3.21. The maximum absolute atomic E-state index is 5.20. The average molecular weight is 207 g/mol. The van der Waals surface area contributed by atoms with Crippen LogP contribution in [0.4, 0.5) is 0 Å². The average Bonchev–Trinajstić information content (AvgIpc) is 2.26. The minimum Gasteiger partial charge on any atom is -0.317 e. The van der Waals surface area contributed by atoms with Gasteiger partial charge in [-0.3, -0.25) is 0 Å². The van der Waals surface area contributed by atoms with E-state index in [1.807, 2.05) is 0 Å². The first-order valence-electron chi connectivity index (χ1n) is 6.47. The molecule has 1 N–H and O–H groups in total. The molecule has 0 radical (unpaired) electrons. The number of nitrogens with one attached hydrogen (secondary N) is 1. The van der Waals surface area contributed by atoms with Crippen LogP contribution in [0.5, 0.6) is 0 Å². The summed E-state index contributed by atoms with van der Waals surface area (Å²) in [6.07, 6.45) is 14.4. The molecule has 1 fully saturated rings. The first-order chi connectivity index (χ1) is 7.33. The van der Waals surface area contributed by atoms with Gasteiger partial charge in [0.1, 0.15) is 0 Å². The largest absolute Gasteiger partial charge is 0.317 e. The van der Waals surface area contributed by atoms with E-state index >= 15 is 0 Å². The fourth-order valence-electron chi connectivity index (χ4n) is 2.36. The number of unbranched alkanes of at least 4 members (excludes halogenated alkanes) is 1. The summed E-state index contributed by atoms with van der Waals surface area (Å²) in [6, 6.07) is 0. The Hall–Kier alpha value is -0.480. The van der Waals surface area contributed by atoms with Crippen LogP contribution in [0.25, 0.3) is 0 Å². The Morgan fingerprint density at radius 2 is 1.93 bits per heavy atom. The monoisotopic (exact) mass is 207 g/mol. The molecule has 1 aliphatic rings. The molecule has 0 spiro atoms. The molecule has 1 aliphatic carbocycles. The molecule has 0 heterocycles. The minimum atomic E-state index is 0.911. The van der Waals surface area contributed by atoms with E-state index in [0.717, 1.165) is 31.2 Å². The van der Waals surface area contributed by atoms with E-state index in [0.29, 0.717) is 0 Å². The van der Waals surface area contributed by atoms with Gasteiger partial charge in [-0.1, -0.05) is 32.6 Å². The van der Waals surface area contributed by atoms with Gasteiger partial charge in [0.15, 0.2) is 0 Å². The van der Waals surface area contributed by atoms with Crippen molar-refractivity contribution >= 4 is 0 Å². The Morgan fingerprint density at radius 3 is 2.60 bits per heavy atom. The van der Waals surface area contributed by atoms with Gasteiger partial charge in [-0.2, -0.15) is 0 Å². The molecule has 86 valence electrons. The van der Waals surface area contributed by atoms with Crippen molar-refractivity contribution in [1.29, 1.82) is 0 Å². The molecular weight excluding hydrogens is 182 g/mol. The van der Waals surface area contributed by atoms with E-state index in [4.69, 9.17) is 6.42 Å². The van der Waals surface area contributed by atoms with Crippen LogP contribution >= 0.6 is 0 Å². The molecule has 0 aromatic heterocycles. The zero-order valence-electron chi connectivity index (χ0n) is 10.1. The second-order valence-corrected chi connectivity index (χ2v) is 4.97. The third kappa shape index (κ3) is 5.85. The number of hydrogen-bond donors (Lipinski definition) is 1. The molecule has 0 bridgehead atoms. The number of terminal acetylenes is 1. The first-order valence-corrected chi connectivity index (χ1v) is 6.47. The summed E-state index contributed by atoms with van der Waals surface area (Å²) >= 11 is 0. The Balaban J connectivity index is 1.90. The lowest BCUT2D eigenvalue weighted by Crippen LogP contribution is -2.21. The summed E-state index contributed by atoms with van der Waals surface area (Å²) in [5.74, 6) is 4.64. The van der Waals surface area contributed by atoms with E-state index in [-0.39, 0.29) is 0 Å². The zero-order chi connectivity index (χ0) is 10.9. The summed E-state index contributed by atoms with van der Waals surface area (Å²) in [5, 5.41) is 3.48. The molecule has 0 aliphatic heterocycles. The van der Waals surface area contributed by atoms with Gasteiger partial charge >= 0.3 is 0 Å². The molecule has 0 aromatic carbocycles. The minimum absolute atomic E-state index is 0.911. The Morgan fingerprint density at radius 1 is 1.20 bits per heavy atom. The van der Waals surface area contributed by atoms with Crippen LogP contribution in [0, 0.1) is 24.2 Å². The van der Waals surface area contributed by atoms with Gasteiger partial charge in [0, 0.05) is 6.42 Å². The lowest BCUT2D eigenvalue weighted by Gasteiger charge is -2.26. The summed E-state index contributed by atoms with van der Waals surface area (Å²) < 4.78 is 0. The van der Waals surface area contributed by atoms with Crippen molar-refractivity contribution in [3.05, 3.63) is 0 Å². The Labute approximate surface area is 95.0 Å². The molecule has 0 saturated heterocycles. The van der Waals surface area contributed by atoms with Crippen LogP contribution in [0.1, 0.15) is 51.9 Å². The van der Waals surface area contributed by atoms with Gasteiger partial charge in [0.2, 0.25) is 0 Å². The van der Waals surface area contributed by atoms with Crippen molar-refractivity contribution in [2.45, 2.75) is 51.9 Å². The van der Waals surface area contributed by atoms with Crippen molar-refractivity contribution in [1.82, 2.24) is 5.32 Å². The standard InChI is InChI=1S/C14H25N/c1-3-4-5-11-15-12-10-14-8-6-13(2)7-9-14/h1,13-15H,4-12H2,2H3. The summed E-state index contributed by atoms with van der Waals surface area (Å²) in [5.41, 5.74) is 0. The normalized spacial score (nSPS) is 26.1. The lowest BCUT2D eigenvalue weighted by molar-refractivity contribution is 0.275. The van der Waals surface area contributed by atoms with Crippen molar-refractivity contribution in [3.8, 4) is 12.3 Å². The van der Waals surface area contributed by atoms with E-state index in [1.165, 1.54) is 38.6 Å². The molecular formula is C14H25N. The third-order valence-electron chi connectivity index (χ3n) is 3.54. The van der Waals surface area contributed by atoms with Crippen LogP contribution in [0.2, 0.25) is 0 Å². The highest BCUT2D eigenvalue weighted by Gasteiger charge is 2.17. The molecule has 0 amide bonds. The first kappa shape index (κ1) is 12.6. The molecule has 1 heteroatoms. The highest BCUT2D eigenvalue weighted by Crippen LogP contribution is 2.29. The molecule has 15 heavy (non-hydrogen) atoms. The van der Waals surface area contributed by atoms with Crippen LogP contribution in [-0.4, -0.2) is 13.1 Å². The zero-order valence-corrected chi connectivity index (χ0v) is 10.1. The highest BCUT2D eigenvalue weighted by molar-refractivity contribution is 4.83. The summed E-state index contributed by atoms with van der Waals surface area (Å²) in [6.45, 7) is 4.66. The smallest absolute Gasteiger partial charge is 0.00981 e. The Bertz CT molecular complexity index is 184. The summed E-state index contributed by atoms with van der Waals surface area (Å²) in [4.78, 5) is 0. The molecule has 0 atom stereocenters. The molecule has 0 unspecified atom stereocenters. The molecule has 1 rings (SSSR count). The van der Waals surface area contributed by atoms with Gasteiger partial charge in [0.25, 0.3) is 0 Å². The second kappa shape index (κ2) is 7.77. The van der Waals surface area contributed by atoms with Crippen LogP contribution < -0.4 is 5.32 Å². The van der Waals surface area contributed by atoms with E-state index in [2.05, 4.69) is 18.2 Å². The molecule has 1 nitrogen and oxygen atoms in total. The second-order valence-electron chi connectivity index (χ2n) is 4.97. The van der Waals surface area contributed by atoms with Gasteiger partial charge < -0.3 is 5.32 Å². The van der Waals surface area contributed by atoms with Gasteiger partial charge in [-0.05, 0) is 37.8 Å². The predicted molar refractivity (Wildman–Crippen MR) is 66.7 cm³/mol. The van der Waals surface area contributed by atoms with Crippen LogP contribution in [0.15, 0.2) is 0 Å². The topological polar surface area (TPSA) is 12.0 Å². The Kier molecular flexibility index (Phi) is 6.52. The third-order valence-corrected chi connectivity index (χ3v) is 3.54. The summed E-state index contributed by atoms with van der Waals surface area (Å²) in [7, 11) is 0. The maximum atomic E-state index is 5.20. The van der Waals surface area contributed by atoms with Gasteiger partial charge in [-0.15, -0.1) is 12.3 Å². The van der Waals surface area contributed by atoms with Crippen LogP contribution in [0.3, 0.4) is 0 Å². The quantitative estimate of drug-likeness (QED) is 0.521. The molecule has 0 aromatic rings. The van der Waals surface area contributed by atoms with Crippen molar-refractivity contribution in [3.63, 3.8) is 0 Å². The van der Waals surface area contributed by atoms with Crippen molar-refractivity contribution < 1.29 is 0 Å². The van der Waals surface area contributed by atoms with Crippen LogP contribution in [-0.2, 0) is 0 Å². The van der Waals surface area contributed by atoms with E-state index in [1.54, 1.807) is 0 Å². The fourth-order valence-corrected chi connectivity index (χ4v) is 2.36. The lowest BCUT2D eigenvalue weighted by atomic mass is 9.81. The maximum Gasteiger partial charge on any atom is 0.00981 e. The number of hydrogen-bond acceptors (Lipinski definition) is 1. The van der Waals surface area contributed by atoms with Crippen molar-refractivity contribution in [2.75, 3.05) is 13.1 Å². The van der Waals surface area contributed by atoms with Gasteiger partial charge in [0.05, 0.1) is 0 Å². The fraction of sp³-hybridized carbons (Fsp3) is 0.857. The van der Waals surface area contributed by atoms with Gasteiger partial charge in [-0.25, -0.2) is 0 Å². The number of rotatable bonds is 6. The van der Waals surface area contributed by atoms with Crippen molar-refractivity contribution in [2.24, 2.45) is 11.8 Å².